The van der Waals surface area contributed by atoms with E-state index in [2.05, 4.69) is 0 Å². The molecular formula is C7H9ClNO2S-. The minimum Gasteiger partial charge on any atom is -0.772 e. The predicted molar refractivity (Wildman–Crippen MR) is 50.7 cm³/mol. The van der Waals surface area contributed by atoms with Gasteiger partial charge in [-0.25, -0.2) is 0 Å². The molecule has 0 saturated carbocycles. The van der Waals surface area contributed by atoms with Crippen LogP contribution in [-0.4, -0.2) is 8.76 Å². The third kappa shape index (κ3) is 3.21. The lowest BCUT2D eigenvalue weighted by atomic mass is 10.2. The van der Waals surface area contributed by atoms with Crippen LogP contribution >= 0.6 is 12.4 Å². The van der Waals surface area contributed by atoms with Crippen LogP contribution in [0.15, 0.2) is 24.3 Å². The fourth-order valence-electron chi connectivity index (χ4n) is 0.793. The number of nitrogens with two attached hydrogens (primary N) is 1. The summed E-state index contributed by atoms with van der Waals surface area (Å²) in [7, 11) is 0. The van der Waals surface area contributed by atoms with Gasteiger partial charge in [-0.1, -0.05) is 29.3 Å². The largest absolute Gasteiger partial charge is 0.772 e. The molecule has 0 heterocycles. The van der Waals surface area contributed by atoms with Gasteiger partial charge in [0.2, 0.25) is 0 Å². The SMILES string of the molecule is Cl.Nc1ccccc1CS(=O)[O-]. The average molecular weight is 207 g/mol. The highest BCUT2D eigenvalue weighted by Gasteiger charge is 1.95. The molecule has 1 aromatic rings. The highest BCUT2D eigenvalue weighted by molar-refractivity contribution is 7.78. The van der Waals surface area contributed by atoms with Crippen LogP contribution in [0.5, 0.6) is 0 Å². The summed E-state index contributed by atoms with van der Waals surface area (Å²) in [6, 6.07) is 6.92. The molecule has 0 aliphatic carbocycles. The molecule has 5 heteroatoms. The molecular weight excluding hydrogens is 198 g/mol. The Balaban J connectivity index is 0.00000121. The van der Waals surface area contributed by atoms with Gasteiger partial charge in [0.25, 0.3) is 0 Å². The lowest BCUT2D eigenvalue weighted by Gasteiger charge is -2.06. The number of anilines is 1. The molecule has 0 aliphatic rings. The second-order valence-electron chi connectivity index (χ2n) is 2.15. The Hall–Kier alpha value is -0.580. The number of para-hydroxylation sites is 1. The first-order valence-corrected chi connectivity index (χ1v) is 4.34. The normalized spacial score (nSPS) is 11.8. The maximum absolute atomic E-state index is 10.3. The maximum Gasteiger partial charge on any atom is 0.0373 e. The van der Waals surface area contributed by atoms with E-state index in [1.807, 2.05) is 0 Å². The van der Waals surface area contributed by atoms with Gasteiger partial charge >= 0.3 is 0 Å². The Bertz CT molecular complexity index is 280. The van der Waals surface area contributed by atoms with E-state index in [9.17, 15) is 8.76 Å². The summed E-state index contributed by atoms with van der Waals surface area (Å²) in [6.07, 6.45) is 0. The molecule has 1 rings (SSSR count). The molecule has 0 amide bonds. The van der Waals surface area contributed by atoms with Crippen molar-refractivity contribution in [1.29, 1.82) is 0 Å². The first kappa shape index (κ1) is 11.4. The van der Waals surface area contributed by atoms with E-state index in [1.54, 1.807) is 24.3 Å². The molecule has 0 aromatic heterocycles. The quantitative estimate of drug-likeness (QED) is 0.582. The van der Waals surface area contributed by atoms with E-state index in [0.717, 1.165) is 0 Å². The standard InChI is InChI=1S/C7H9NO2S.ClH/c8-7-4-2-1-3-6(7)5-11(9)10;/h1-4H,5,8H2,(H,9,10);1H/p-1. The molecule has 1 aromatic carbocycles. The van der Waals surface area contributed by atoms with Crippen molar-refractivity contribution in [2.24, 2.45) is 0 Å². The van der Waals surface area contributed by atoms with E-state index in [0.29, 0.717) is 11.3 Å². The topological polar surface area (TPSA) is 66.2 Å². The molecule has 0 aliphatic heterocycles. The molecule has 12 heavy (non-hydrogen) atoms. The van der Waals surface area contributed by atoms with Crippen LogP contribution in [0.4, 0.5) is 5.69 Å². The molecule has 1 atom stereocenters. The van der Waals surface area contributed by atoms with Crippen molar-refractivity contribution in [2.75, 3.05) is 5.73 Å². The summed E-state index contributed by atoms with van der Waals surface area (Å²) in [4.78, 5) is 0. The van der Waals surface area contributed by atoms with E-state index >= 15 is 0 Å². The summed E-state index contributed by atoms with van der Waals surface area (Å²) in [5.41, 5.74) is 6.67. The Morgan fingerprint density at radius 2 is 2.00 bits per heavy atom. The summed E-state index contributed by atoms with van der Waals surface area (Å²) in [5, 5.41) is 0. The second-order valence-corrected chi connectivity index (χ2v) is 3.04. The van der Waals surface area contributed by atoms with Crippen LogP contribution < -0.4 is 5.73 Å². The van der Waals surface area contributed by atoms with Crippen molar-refractivity contribution in [2.45, 2.75) is 5.75 Å². The number of hydrogen-bond acceptors (Lipinski definition) is 3. The second kappa shape index (κ2) is 5.13. The van der Waals surface area contributed by atoms with Crippen LogP contribution in [0.2, 0.25) is 0 Å². The molecule has 0 radical (unpaired) electrons. The average Bonchev–Trinajstić information content (AvgIpc) is 1.93. The fourth-order valence-corrected chi connectivity index (χ4v) is 1.31. The van der Waals surface area contributed by atoms with Gasteiger partial charge in [-0.3, -0.25) is 4.21 Å². The zero-order chi connectivity index (χ0) is 8.27. The van der Waals surface area contributed by atoms with Crippen LogP contribution in [0.25, 0.3) is 0 Å². The Kier molecular flexibility index (Phi) is 4.89. The van der Waals surface area contributed by atoms with Crippen molar-refractivity contribution in [3.05, 3.63) is 29.8 Å². The van der Waals surface area contributed by atoms with Crippen molar-refractivity contribution in [3.8, 4) is 0 Å². The van der Waals surface area contributed by atoms with Crippen LogP contribution in [0.3, 0.4) is 0 Å². The van der Waals surface area contributed by atoms with Crippen molar-refractivity contribution in [1.82, 2.24) is 0 Å². The van der Waals surface area contributed by atoms with Crippen LogP contribution in [0, 0.1) is 0 Å². The predicted octanol–water partition coefficient (Wildman–Crippen LogP) is 1.07. The maximum atomic E-state index is 10.3. The first-order chi connectivity index (χ1) is 5.20. The first-order valence-electron chi connectivity index (χ1n) is 3.09. The molecule has 0 saturated heterocycles. The summed E-state index contributed by atoms with van der Waals surface area (Å²) >= 11 is -2.06. The lowest BCUT2D eigenvalue weighted by Crippen LogP contribution is -1.97. The smallest absolute Gasteiger partial charge is 0.0373 e. The Morgan fingerprint density at radius 3 is 2.50 bits per heavy atom. The van der Waals surface area contributed by atoms with Gasteiger partial charge < -0.3 is 10.3 Å². The third-order valence-electron chi connectivity index (χ3n) is 1.33. The van der Waals surface area contributed by atoms with E-state index in [4.69, 9.17) is 5.73 Å². The lowest BCUT2D eigenvalue weighted by molar-refractivity contribution is 0.536. The van der Waals surface area contributed by atoms with Crippen LogP contribution in [0.1, 0.15) is 5.56 Å². The highest BCUT2D eigenvalue weighted by Crippen LogP contribution is 2.11. The van der Waals surface area contributed by atoms with E-state index < -0.39 is 11.1 Å². The summed E-state index contributed by atoms with van der Waals surface area (Å²) in [5.74, 6) is -0.00727. The number of benzene rings is 1. The molecule has 0 bridgehead atoms. The number of rotatable bonds is 2. The molecule has 68 valence electrons. The van der Waals surface area contributed by atoms with Gasteiger partial charge in [0.1, 0.15) is 0 Å². The fraction of sp³-hybridized carbons (Fsp3) is 0.143. The number of nitrogen functional groups attached to an aromatic ring is 1. The molecule has 1 unspecified atom stereocenters. The van der Waals surface area contributed by atoms with Gasteiger partial charge in [-0.05, 0) is 11.6 Å². The summed E-state index contributed by atoms with van der Waals surface area (Å²) in [6.45, 7) is 0. The monoisotopic (exact) mass is 206 g/mol. The van der Waals surface area contributed by atoms with Crippen molar-refractivity contribution >= 4 is 29.2 Å². The van der Waals surface area contributed by atoms with Gasteiger partial charge in [-0.15, -0.1) is 12.4 Å². The zero-order valence-electron chi connectivity index (χ0n) is 6.23. The Labute approximate surface area is 79.7 Å². The Morgan fingerprint density at radius 1 is 1.42 bits per heavy atom. The van der Waals surface area contributed by atoms with Gasteiger partial charge in [-0.2, -0.15) is 0 Å². The van der Waals surface area contributed by atoms with Crippen molar-refractivity contribution < 1.29 is 8.76 Å². The summed E-state index contributed by atoms with van der Waals surface area (Å²) < 4.78 is 20.5. The zero-order valence-corrected chi connectivity index (χ0v) is 7.86. The molecule has 0 spiro atoms. The third-order valence-corrected chi connectivity index (χ3v) is 1.88. The minimum absolute atomic E-state index is 0. The molecule has 2 N–H and O–H groups in total. The van der Waals surface area contributed by atoms with E-state index in [-0.39, 0.29) is 18.2 Å². The van der Waals surface area contributed by atoms with Crippen molar-refractivity contribution in [3.63, 3.8) is 0 Å². The molecule has 3 nitrogen and oxygen atoms in total. The highest BCUT2D eigenvalue weighted by atomic mass is 35.5. The van der Waals surface area contributed by atoms with Gasteiger partial charge in [0.05, 0.1) is 0 Å². The van der Waals surface area contributed by atoms with E-state index in [1.165, 1.54) is 0 Å². The van der Waals surface area contributed by atoms with Crippen LogP contribution in [-0.2, 0) is 16.8 Å². The molecule has 0 fully saturated rings. The number of hydrogen-bond donors (Lipinski definition) is 1. The number of halogens is 1. The van der Waals surface area contributed by atoms with Gasteiger partial charge in [0, 0.05) is 11.4 Å². The van der Waals surface area contributed by atoms with Gasteiger partial charge in [0.15, 0.2) is 0 Å². The minimum atomic E-state index is -2.06.